The summed E-state index contributed by atoms with van der Waals surface area (Å²) in [5, 5.41) is 11.3. The first kappa shape index (κ1) is 17.9. The summed E-state index contributed by atoms with van der Waals surface area (Å²) in [7, 11) is 0. The Hall–Kier alpha value is -3.54. The maximum Gasteiger partial charge on any atom is 0.169 e. The highest BCUT2D eigenvalue weighted by atomic mass is 16.5. The zero-order chi connectivity index (χ0) is 19.9. The van der Waals surface area contributed by atoms with E-state index in [9.17, 15) is 5.11 Å². The van der Waals surface area contributed by atoms with Gasteiger partial charge in [-0.1, -0.05) is 24.3 Å². The van der Waals surface area contributed by atoms with Crippen molar-refractivity contribution in [3.05, 3.63) is 61.1 Å². The SMILES string of the molecule is CC(C)(C)n1cc(-c2ccc(Oc3ccccc3)c(O)c2)c2c(N)ncnc21. The molecule has 0 spiro atoms. The molecule has 0 unspecified atom stereocenters. The highest BCUT2D eigenvalue weighted by molar-refractivity contribution is 6.01. The molecular weight excluding hydrogens is 352 g/mol. The van der Waals surface area contributed by atoms with Gasteiger partial charge in [0.15, 0.2) is 11.5 Å². The summed E-state index contributed by atoms with van der Waals surface area (Å²) in [5.74, 6) is 1.51. The molecular formula is C22H22N4O2. The first-order valence-corrected chi connectivity index (χ1v) is 9.03. The number of benzene rings is 2. The van der Waals surface area contributed by atoms with Crippen LogP contribution in [-0.4, -0.2) is 19.6 Å². The standard InChI is InChI=1S/C22H22N4O2/c1-22(2,3)26-12-16(19-20(23)24-13-25-21(19)26)14-9-10-18(17(27)11-14)28-15-7-5-4-6-8-15/h4-13,27H,1-3H3,(H2,23,24,25). The van der Waals surface area contributed by atoms with Crippen molar-refractivity contribution < 1.29 is 9.84 Å². The van der Waals surface area contributed by atoms with Crippen molar-refractivity contribution in [3.8, 4) is 28.4 Å². The molecule has 6 nitrogen and oxygen atoms in total. The van der Waals surface area contributed by atoms with E-state index in [2.05, 4.69) is 35.3 Å². The molecule has 28 heavy (non-hydrogen) atoms. The highest BCUT2D eigenvalue weighted by Crippen LogP contribution is 2.39. The van der Waals surface area contributed by atoms with Gasteiger partial charge >= 0.3 is 0 Å². The van der Waals surface area contributed by atoms with Crippen LogP contribution in [0.15, 0.2) is 61.1 Å². The van der Waals surface area contributed by atoms with Crippen molar-refractivity contribution in [1.29, 1.82) is 0 Å². The van der Waals surface area contributed by atoms with E-state index in [-0.39, 0.29) is 11.3 Å². The zero-order valence-electron chi connectivity index (χ0n) is 16.0. The second-order valence-electron chi connectivity index (χ2n) is 7.64. The molecule has 0 fully saturated rings. The molecule has 2 aromatic heterocycles. The van der Waals surface area contributed by atoms with Crippen molar-refractivity contribution in [2.45, 2.75) is 26.3 Å². The fourth-order valence-electron chi connectivity index (χ4n) is 3.20. The van der Waals surface area contributed by atoms with Crippen LogP contribution in [0.3, 0.4) is 0 Å². The molecule has 0 radical (unpaired) electrons. The minimum Gasteiger partial charge on any atom is -0.504 e. The number of nitrogens with two attached hydrogens (primary N) is 1. The van der Waals surface area contributed by atoms with Gasteiger partial charge in [-0.3, -0.25) is 0 Å². The van der Waals surface area contributed by atoms with Gasteiger partial charge in [-0.25, -0.2) is 9.97 Å². The highest BCUT2D eigenvalue weighted by Gasteiger charge is 2.22. The third kappa shape index (κ3) is 3.13. The smallest absolute Gasteiger partial charge is 0.169 e. The fraction of sp³-hybridized carbons (Fsp3) is 0.182. The van der Waals surface area contributed by atoms with Crippen LogP contribution in [0.2, 0.25) is 0 Å². The minimum absolute atomic E-state index is 0.0495. The molecule has 3 N–H and O–H groups in total. The first-order valence-electron chi connectivity index (χ1n) is 9.03. The van der Waals surface area contributed by atoms with Crippen molar-refractivity contribution in [2.75, 3.05) is 5.73 Å². The van der Waals surface area contributed by atoms with Gasteiger partial charge in [0.05, 0.1) is 5.39 Å². The number of para-hydroxylation sites is 1. The molecule has 2 heterocycles. The number of nitrogens with zero attached hydrogens (tertiary/aromatic N) is 3. The number of aromatic hydroxyl groups is 1. The van der Waals surface area contributed by atoms with Crippen LogP contribution < -0.4 is 10.5 Å². The molecule has 142 valence electrons. The van der Waals surface area contributed by atoms with E-state index in [1.807, 2.05) is 42.6 Å². The Labute approximate surface area is 163 Å². The average Bonchev–Trinajstić information content (AvgIpc) is 3.06. The molecule has 0 atom stereocenters. The lowest BCUT2D eigenvalue weighted by Gasteiger charge is -2.21. The number of hydrogen-bond donors (Lipinski definition) is 2. The summed E-state index contributed by atoms with van der Waals surface area (Å²) in [6.45, 7) is 6.30. The van der Waals surface area contributed by atoms with Gasteiger partial charge in [-0.05, 0) is 50.6 Å². The number of rotatable bonds is 3. The van der Waals surface area contributed by atoms with Gasteiger partial charge in [0.2, 0.25) is 0 Å². The Kier molecular flexibility index (Phi) is 4.19. The molecule has 0 saturated carbocycles. The molecule has 0 saturated heterocycles. The lowest BCUT2D eigenvalue weighted by molar-refractivity contribution is 0.408. The molecule has 0 aliphatic heterocycles. The minimum atomic E-state index is -0.185. The average molecular weight is 374 g/mol. The summed E-state index contributed by atoms with van der Waals surface area (Å²) in [6.07, 6.45) is 3.47. The summed E-state index contributed by atoms with van der Waals surface area (Å²) >= 11 is 0. The predicted octanol–water partition coefficient (Wildman–Crippen LogP) is 4.93. The van der Waals surface area contributed by atoms with Crippen LogP contribution in [0, 0.1) is 0 Å². The Bertz CT molecular complexity index is 1140. The Balaban J connectivity index is 1.82. The second kappa shape index (κ2) is 6.56. The normalized spacial score (nSPS) is 11.7. The molecule has 2 aromatic carbocycles. The van der Waals surface area contributed by atoms with Crippen LogP contribution in [0.5, 0.6) is 17.2 Å². The van der Waals surface area contributed by atoms with Gasteiger partial charge in [-0.15, -0.1) is 0 Å². The number of nitrogen functional groups attached to an aromatic ring is 1. The maximum atomic E-state index is 10.5. The van der Waals surface area contributed by atoms with E-state index < -0.39 is 0 Å². The molecule has 0 bridgehead atoms. The molecule has 0 aliphatic carbocycles. The van der Waals surface area contributed by atoms with Gasteiger partial charge < -0.3 is 20.1 Å². The molecule has 0 aliphatic rings. The largest absolute Gasteiger partial charge is 0.504 e. The monoisotopic (exact) mass is 374 g/mol. The molecule has 4 rings (SSSR count). The van der Waals surface area contributed by atoms with E-state index in [0.717, 1.165) is 22.2 Å². The van der Waals surface area contributed by atoms with Crippen molar-refractivity contribution in [3.63, 3.8) is 0 Å². The van der Waals surface area contributed by atoms with E-state index >= 15 is 0 Å². The van der Waals surface area contributed by atoms with Crippen LogP contribution in [-0.2, 0) is 5.54 Å². The topological polar surface area (TPSA) is 86.2 Å². The van der Waals surface area contributed by atoms with Crippen LogP contribution in [0.25, 0.3) is 22.2 Å². The fourth-order valence-corrected chi connectivity index (χ4v) is 3.20. The second-order valence-corrected chi connectivity index (χ2v) is 7.64. The molecule has 6 heteroatoms. The van der Waals surface area contributed by atoms with E-state index in [1.165, 1.54) is 6.33 Å². The number of phenolic OH excluding ortho intramolecular Hbond substituents is 1. The number of phenols is 1. The lowest BCUT2D eigenvalue weighted by atomic mass is 10.1. The quantitative estimate of drug-likeness (QED) is 0.531. The zero-order valence-corrected chi connectivity index (χ0v) is 16.0. The van der Waals surface area contributed by atoms with E-state index in [4.69, 9.17) is 10.5 Å². The maximum absolute atomic E-state index is 10.5. The van der Waals surface area contributed by atoms with Crippen LogP contribution in [0.1, 0.15) is 20.8 Å². The Morgan fingerprint density at radius 1 is 1.04 bits per heavy atom. The Morgan fingerprint density at radius 3 is 2.46 bits per heavy atom. The predicted molar refractivity (Wildman–Crippen MR) is 111 cm³/mol. The molecule has 0 amide bonds. The summed E-state index contributed by atoms with van der Waals surface area (Å²) in [6, 6.07) is 14.7. The lowest BCUT2D eigenvalue weighted by Crippen LogP contribution is -2.21. The van der Waals surface area contributed by atoms with Gasteiger partial charge in [0.25, 0.3) is 0 Å². The third-order valence-electron chi connectivity index (χ3n) is 4.58. The third-order valence-corrected chi connectivity index (χ3v) is 4.58. The number of fused-ring (bicyclic) bond motifs is 1. The summed E-state index contributed by atoms with van der Waals surface area (Å²) in [4.78, 5) is 8.59. The summed E-state index contributed by atoms with van der Waals surface area (Å²) in [5.41, 5.74) is 8.43. The number of hydrogen-bond acceptors (Lipinski definition) is 5. The number of aromatic nitrogens is 3. The molecule has 4 aromatic rings. The summed E-state index contributed by atoms with van der Waals surface area (Å²) < 4.78 is 7.84. The van der Waals surface area contributed by atoms with Crippen molar-refractivity contribution in [2.24, 2.45) is 0 Å². The van der Waals surface area contributed by atoms with Crippen LogP contribution in [0.4, 0.5) is 5.82 Å². The van der Waals surface area contributed by atoms with Crippen molar-refractivity contribution in [1.82, 2.24) is 14.5 Å². The van der Waals surface area contributed by atoms with E-state index in [1.54, 1.807) is 12.1 Å². The number of ether oxygens (including phenoxy) is 1. The first-order chi connectivity index (χ1) is 13.3. The van der Waals surface area contributed by atoms with Gasteiger partial charge in [-0.2, -0.15) is 0 Å². The van der Waals surface area contributed by atoms with E-state index in [0.29, 0.717) is 17.3 Å². The number of anilines is 1. The van der Waals surface area contributed by atoms with Crippen molar-refractivity contribution >= 4 is 16.9 Å². The van der Waals surface area contributed by atoms with Gasteiger partial charge in [0, 0.05) is 17.3 Å². The van der Waals surface area contributed by atoms with Crippen LogP contribution >= 0.6 is 0 Å². The Morgan fingerprint density at radius 2 is 1.79 bits per heavy atom. The van der Waals surface area contributed by atoms with Gasteiger partial charge in [0.1, 0.15) is 23.5 Å².